The van der Waals surface area contributed by atoms with E-state index in [0.29, 0.717) is 46.0 Å². The van der Waals surface area contributed by atoms with Gasteiger partial charge in [-0.3, -0.25) is 0 Å². The van der Waals surface area contributed by atoms with Gasteiger partial charge in [0.15, 0.2) is 15.5 Å². The number of thiazole rings is 1. The first-order valence-corrected chi connectivity index (χ1v) is 17.5. The molecule has 0 amide bonds. The summed E-state index contributed by atoms with van der Waals surface area (Å²) in [4.78, 5) is 13.5. The summed E-state index contributed by atoms with van der Waals surface area (Å²) in [5.41, 5.74) is 2.33. The van der Waals surface area contributed by atoms with Gasteiger partial charge in [0.05, 0.1) is 15.5 Å². The summed E-state index contributed by atoms with van der Waals surface area (Å²) in [7, 11) is -7.68. The molecule has 4 aromatic heterocycles. The Balaban J connectivity index is 1.35. The number of hydrogen-bond donors (Lipinski definition) is 1. The van der Waals surface area contributed by atoms with Crippen molar-refractivity contribution in [3.8, 4) is 21.8 Å². The van der Waals surface area contributed by atoms with Gasteiger partial charge in [-0.25, -0.2) is 35.8 Å². The molecule has 0 fully saturated rings. The van der Waals surface area contributed by atoms with E-state index in [1.54, 1.807) is 18.3 Å². The van der Waals surface area contributed by atoms with Gasteiger partial charge in [0.1, 0.15) is 16.4 Å². The highest BCUT2D eigenvalue weighted by Crippen LogP contribution is 2.40. The Morgan fingerprint density at radius 3 is 2.56 bits per heavy atom. The third kappa shape index (κ3) is 4.50. The van der Waals surface area contributed by atoms with E-state index in [-0.39, 0.29) is 15.4 Å². The summed E-state index contributed by atoms with van der Waals surface area (Å²) in [6.07, 6.45) is 7.72. The van der Waals surface area contributed by atoms with Crippen LogP contribution < -0.4 is 0 Å². The molecular formula is C30H25N5O5S3. The van der Waals surface area contributed by atoms with Gasteiger partial charge in [0.2, 0.25) is 0 Å². The lowest BCUT2D eigenvalue weighted by Crippen LogP contribution is -2.25. The van der Waals surface area contributed by atoms with Crippen LogP contribution in [0.1, 0.15) is 23.4 Å². The van der Waals surface area contributed by atoms with E-state index in [2.05, 4.69) is 9.97 Å². The Kier molecular flexibility index (Phi) is 6.22. The molecule has 2 aromatic carbocycles. The maximum atomic E-state index is 13.7. The maximum Gasteiger partial charge on any atom is 0.269 e. The van der Waals surface area contributed by atoms with Crippen molar-refractivity contribution in [1.82, 2.24) is 23.5 Å². The molecule has 0 spiro atoms. The molecule has 1 aliphatic heterocycles. The lowest BCUT2D eigenvalue weighted by molar-refractivity contribution is 0.0786. The second-order valence-corrected chi connectivity index (χ2v) is 15.3. The third-order valence-corrected chi connectivity index (χ3v) is 11.4. The van der Waals surface area contributed by atoms with E-state index in [9.17, 15) is 21.9 Å². The number of benzene rings is 2. The Labute approximate surface area is 251 Å². The molecule has 0 saturated carbocycles. The number of aryl methyl sites for hydroxylation is 2. The van der Waals surface area contributed by atoms with Gasteiger partial charge in [-0.1, -0.05) is 35.9 Å². The lowest BCUT2D eigenvalue weighted by atomic mass is 9.90. The molecule has 1 aliphatic rings. The number of pyridine rings is 1. The van der Waals surface area contributed by atoms with Crippen LogP contribution in [0.2, 0.25) is 0 Å². The zero-order valence-corrected chi connectivity index (χ0v) is 25.5. The van der Waals surface area contributed by atoms with Crippen molar-refractivity contribution >= 4 is 42.2 Å². The minimum atomic E-state index is -4.06. The van der Waals surface area contributed by atoms with E-state index in [0.717, 1.165) is 21.4 Å². The van der Waals surface area contributed by atoms with Crippen LogP contribution in [0.5, 0.6) is 0 Å². The quantitative estimate of drug-likeness (QED) is 0.281. The highest BCUT2D eigenvalue weighted by Gasteiger charge is 2.40. The molecule has 13 heteroatoms. The van der Waals surface area contributed by atoms with Gasteiger partial charge in [-0.15, -0.1) is 11.3 Å². The fraction of sp³-hybridized carbons (Fsp3) is 0.167. The standard InChI is InChI=1S/C30H25N5O5S3/c1-19-6-8-22(9-7-19)43(39,40)35-17-25(24-15-23(42(2,37)38)16-32-27(24)35)28-33-26(18-41-28)20-4-3-5-21(14-20)30(36)10-12-34-13-11-31-29(30)34/h3-9,11,13-18,36H,10,12H2,1-2H3/t30-/m1/s1. The average molecular weight is 632 g/mol. The number of imidazole rings is 1. The average Bonchev–Trinajstić information content (AvgIpc) is 3.77. The van der Waals surface area contributed by atoms with Crippen LogP contribution in [-0.4, -0.2) is 51.7 Å². The van der Waals surface area contributed by atoms with E-state index in [4.69, 9.17) is 4.98 Å². The van der Waals surface area contributed by atoms with Crippen molar-refractivity contribution < 1.29 is 21.9 Å². The van der Waals surface area contributed by atoms with Crippen molar-refractivity contribution in [2.75, 3.05) is 6.26 Å². The molecule has 0 unspecified atom stereocenters. The van der Waals surface area contributed by atoms with Crippen LogP contribution in [0, 0.1) is 6.92 Å². The summed E-state index contributed by atoms with van der Waals surface area (Å²) in [6, 6.07) is 15.4. The fourth-order valence-electron chi connectivity index (χ4n) is 5.43. The number of aliphatic hydroxyl groups is 1. The molecule has 5 heterocycles. The van der Waals surface area contributed by atoms with Gasteiger partial charge >= 0.3 is 0 Å². The number of hydrogen-bond acceptors (Lipinski definition) is 9. The minimum Gasteiger partial charge on any atom is -0.377 e. The van der Waals surface area contributed by atoms with Crippen LogP contribution in [0.15, 0.2) is 94.6 Å². The Morgan fingerprint density at radius 2 is 1.79 bits per heavy atom. The summed E-state index contributed by atoms with van der Waals surface area (Å²) < 4.78 is 55.3. The molecule has 0 aliphatic carbocycles. The lowest BCUT2D eigenvalue weighted by Gasteiger charge is -2.22. The summed E-state index contributed by atoms with van der Waals surface area (Å²) in [5, 5.41) is 14.2. The maximum absolute atomic E-state index is 13.7. The molecule has 0 radical (unpaired) electrons. The molecule has 6 aromatic rings. The normalized spacial score (nSPS) is 17.0. The molecule has 10 nitrogen and oxygen atoms in total. The van der Waals surface area contributed by atoms with Crippen molar-refractivity contribution in [3.05, 3.63) is 102 Å². The van der Waals surface area contributed by atoms with Gasteiger partial charge in [0, 0.05) is 65.9 Å². The van der Waals surface area contributed by atoms with E-state index >= 15 is 0 Å². The molecular weight excluding hydrogens is 607 g/mol. The second kappa shape index (κ2) is 9.67. The fourth-order valence-corrected chi connectivity index (χ4v) is 8.18. The molecule has 43 heavy (non-hydrogen) atoms. The van der Waals surface area contributed by atoms with E-state index in [1.165, 1.54) is 41.9 Å². The molecule has 1 atom stereocenters. The Bertz CT molecular complexity index is 2270. The summed E-state index contributed by atoms with van der Waals surface area (Å²) in [5.74, 6) is 0.598. The highest BCUT2D eigenvalue weighted by atomic mass is 32.2. The van der Waals surface area contributed by atoms with Gasteiger partial charge in [-0.2, -0.15) is 0 Å². The van der Waals surface area contributed by atoms with Gasteiger partial charge in [-0.05, 0) is 36.8 Å². The van der Waals surface area contributed by atoms with E-state index < -0.39 is 25.5 Å². The smallest absolute Gasteiger partial charge is 0.269 e. The molecule has 218 valence electrons. The van der Waals surface area contributed by atoms with Gasteiger partial charge < -0.3 is 9.67 Å². The summed E-state index contributed by atoms with van der Waals surface area (Å²) in [6.45, 7) is 2.53. The topological polar surface area (TPSA) is 137 Å². The van der Waals surface area contributed by atoms with Crippen LogP contribution in [-0.2, 0) is 32.0 Å². The molecule has 7 rings (SSSR count). The zero-order chi connectivity index (χ0) is 30.1. The molecule has 0 bridgehead atoms. The summed E-state index contributed by atoms with van der Waals surface area (Å²) >= 11 is 1.30. The predicted molar refractivity (Wildman–Crippen MR) is 163 cm³/mol. The SMILES string of the molecule is Cc1ccc(S(=O)(=O)n2cc(-c3nc(-c4cccc([C@]5(O)CCn6ccnc65)c4)cs3)c3cc(S(C)(=O)=O)cnc32)cc1. The molecule has 1 N–H and O–H groups in total. The Morgan fingerprint density at radius 1 is 1.00 bits per heavy atom. The van der Waals surface area contributed by atoms with E-state index in [1.807, 2.05) is 47.3 Å². The van der Waals surface area contributed by atoms with Gasteiger partial charge in [0.25, 0.3) is 10.0 Å². The predicted octanol–water partition coefficient (Wildman–Crippen LogP) is 4.61. The first-order valence-electron chi connectivity index (χ1n) is 13.3. The third-order valence-electron chi connectivity index (χ3n) is 7.76. The van der Waals surface area contributed by atoms with Crippen LogP contribution in [0.3, 0.4) is 0 Å². The van der Waals surface area contributed by atoms with Crippen LogP contribution in [0.4, 0.5) is 0 Å². The minimum absolute atomic E-state index is 0.0283. The van der Waals surface area contributed by atoms with Crippen molar-refractivity contribution in [2.24, 2.45) is 0 Å². The van der Waals surface area contributed by atoms with Crippen molar-refractivity contribution in [2.45, 2.75) is 35.3 Å². The largest absolute Gasteiger partial charge is 0.377 e. The number of sulfone groups is 1. The monoisotopic (exact) mass is 631 g/mol. The Hall–Kier alpha value is -4.17. The molecule has 0 saturated heterocycles. The number of fused-ring (bicyclic) bond motifs is 2. The number of aromatic nitrogens is 5. The first-order chi connectivity index (χ1) is 20.4. The van der Waals surface area contributed by atoms with Crippen molar-refractivity contribution in [3.63, 3.8) is 0 Å². The zero-order valence-electron chi connectivity index (χ0n) is 23.0. The second-order valence-electron chi connectivity index (χ2n) is 10.6. The van der Waals surface area contributed by atoms with Crippen molar-refractivity contribution in [1.29, 1.82) is 0 Å². The number of nitrogens with zero attached hydrogens (tertiary/aromatic N) is 5. The first kappa shape index (κ1) is 27.7. The number of rotatable bonds is 6. The van der Waals surface area contributed by atoms with Crippen LogP contribution >= 0.6 is 11.3 Å². The highest BCUT2D eigenvalue weighted by molar-refractivity contribution is 7.90. The van der Waals surface area contributed by atoms with Crippen LogP contribution in [0.25, 0.3) is 32.9 Å².